The van der Waals surface area contributed by atoms with Gasteiger partial charge in [0.1, 0.15) is 5.15 Å². The Hall–Kier alpha value is -1.17. The summed E-state index contributed by atoms with van der Waals surface area (Å²) in [6, 6.07) is 3.45. The van der Waals surface area contributed by atoms with Crippen molar-refractivity contribution in [2.24, 2.45) is 0 Å². The van der Waals surface area contributed by atoms with Crippen LogP contribution in [0.25, 0.3) is 0 Å². The number of hydrogen-bond acceptors (Lipinski definition) is 4. The van der Waals surface area contributed by atoms with E-state index in [0.29, 0.717) is 25.3 Å². The number of amides is 1. The Morgan fingerprint density at radius 3 is 2.81 bits per heavy atom. The summed E-state index contributed by atoms with van der Waals surface area (Å²) < 4.78 is 11.3. The molecule has 1 amide bonds. The molecule has 1 aromatic heterocycles. The van der Waals surface area contributed by atoms with Gasteiger partial charge in [-0.1, -0.05) is 11.6 Å². The first kappa shape index (κ1) is 14.8. The summed E-state index contributed by atoms with van der Waals surface area (Å²) in [4.78, 5) is 18.2. The van der Waals surface area contributed by atoms with Gasteiger partial charge in [-0.3, -0.25) is 4.79 Å². The van der Waals surface area contributed by atoms with Crippen LogP contribution in [0.1, 0.15) is 29.6 Å². The van der Waals surface area contributed by atoms with E-state index in [2.05, 4.69) is 4.98 Å². The molecule has 0 aromatic carbocycles. The lowest BCUT2D eigenvalue weighted by Gasteiger charge is -2.33. The zero-order valence-corrected chi connectivity index (χ0v) is 12.6. The number of rotatable bonds is 3. The largest absolute Gasteiger partial charge is 0.379 e. The van der Waals surface area contributed by atoms with E-state index in [1.807, 2.05) is 4.90 Å². The molecule has 5 nitrogen and oxygen atoms in total. The van der Waals surface area contributed by atoms with Crippen molar-refractivity contribution < 1.29 is 14.3 Å². The quantitative estimate of drug-likeness (QED) is 0.803. The van der Waals surface area contributed by atoms with Crippen molar-refractivity contribution in [2.75, 3.05) is 26.3 Å². The van der Waals surface area contributed by atoms with Crippen molar-refractivity contribution in [1.29, 1.82) is 0 Å². The molecule has 1 atom stereocenters. The minimum Gasteiger partial charge on any atom is -0.379 e. The van der Waals surface area contributed by atoms with Crippen LogP contribution in [-0.4, -0.2) is 54.3 Å². The summed E-state index contributed by atoms with van der Waals surface area (Å²) >= 11 is 5.98. The number of ether oxygens (including phenoxy) is 2. The van der Waals surface area contributed by atoms with Crippen LogP contribution in [0.3, 0.4) is 0 Å². The van der Waals surface area contributed by atoms with Gasteiger partial charge in [-0.05, 0) is 31.4 Å². The Morgan fingerprint density at radius 1 is 1.33 bits per heavy atom. The summed E-state index contributed by atoms with van der Waals surface area (Å²) in [5, 5.41) is 0.268. The van der Waals surface area contributed by atoms with Gasteiger partial charge in [0.15, 0.2) is 0 Å². The van der Waals surface area contributed by atoms with E-state index in [9.17, 15) is 4.79 Å². The number of pyridine rings is 1. The third kappa shape index (κ3) is 3.54. The average Bonchev–Trinajstić information content (AvgIpc) is 3.01. The van der Waals surface area contributed by atoms with Gasteiger partial charge in [-0.15, -0.1) is 0 Å². The maximum Gasteiger partial charge on any atom is 0.256 e. The van der Waals surface area contributed by atoms with E-state index in [1.165, 1.54) is 0 Å². The van der Waals surface area contributed by atoms with Crippen LogP contribution >= 0.6 is 11.6 Å². The van der Waals surface area contributed by atoms with Gasteiger partial charge < -0.3 is 14.4 Å². The molecule has 3 heterocycles. The summed E-state index contributed by atoms with van der Waals surface area (Å²) in [6.45, 7) is 2.89. The molecule has 6 heteroatoms. The molecule has 3 rings (SSSR count). The van der Waals surface area contributed by atoms with Gasteiger partial charge in [-0.25, -0.2) is 4.98 Å². The fourth-order valence-corrected chi connectivity index (χ4v) is 3.00. The minimum absolute atomic E-state index is 0.0456. The third-order valence-electron chi connectivity index (χ3n) is 3.99. The molecule has 0 radical (unpaired) electrons. The van der Waals surface area contributed by atoms with Crippen molar-refractivity contribution in [3.63, 3.8) is 0 Å². The predicted octanol–water partition coefficient (Wildman–Crippen LogP) is 2.15. The van der Waals surface area contributed by atoms with Crippen LogP contribution in [0.4, 0.5) is 0 Å². The van der Waals surface area contributed by atoms with E-state index in [4.69, 9.17) is 21.1 Å². The molecule has 114 valence electrons. The number of carbonyl (C=O) groups is 1. The maximum absolute atomic E-state index is 12.4. The van der Waals surface area contributed by atoms with Crippen molar-refractivity contribution in [2.45, 2.75) is 31.5 Å². The lowest BCUT2D eigenvalue weighted by Crippen LogP contribution is -2.42. The van der Waals surface area contributed by atoms with Crippen molar-refractivity contribution in [1.82, 2.24) is 9.88 Å². The molecule has 0 bridgehead atoms. The normalized spacial score (nSPS) is 23.5. The second kappa shape index (κ2) is 6.73. The molecule has 0 aliphatic carbocycles. The van der Waals surface area contributed by atoms with E-state index >= 15 is 0 Å². The lowest BCUT2D eigenvalue weighted by atomic mass is 10.1. The number of aromatic nitrogens is 1. The van der Waals surface area contributed by atoms with Gasteiger partial charge in [0.25, 0.3) is 5.91 Å². The van der Waals surface area contributed by atoms with Crippen molar-refractivity contribution >= 4 is 17.5 Å². The van der Waals surface area contributed by atoms with Crippen molar-refractivity contribution in [3.8, 4) is 0 Å². The van der Waals surface area contributed by atoms with E-state index in [1.54, 1.807) is 18.3 Å². The van der Waals surface area contributed by atoms with Gasteiger partial charge in [0.2, 0.25) is 0 Å². The Bertz CT molecular complexity index is 497. The number of piperidine rings is 1. The van der Waals surface area contributed by atoms with Crippen LogP contribution < -0.4 is 0 Å². The monoisotopic (exact) mass is 310 g/mol. The topological polar surface area (TPSA) is 51.7 Å². The zero-order chi connectivity index (χ0) is 14.7. The molecular weight excluding hydrogens is 292 g/mol. The second-order valence-corrected chi connectivity index (χ2v) is 5.81. The number of carbonyl (C=O) groups excluding carboxylic acids is 1. The summed E-state index contributed by atoms with van der Waals surface area (Å²) in [6.07, 6.45) is 4.74. The first-order valence-corrected chi connectivity index (χ1v) is 7.75. The maximum atomic E-state index is 12.4. The fraction of sp³-hybridized carbons (Fsp3) is 0.600. The summed E-state index contributed by atoms with van der Waals surface area (Å²) in [5.74, 6) is -0.0456. The summed E-state index contributed by atoms with van der Waals surface area (Å²) in [7, 11) is 0. The Balaban J connectivity index is 1.53. The Kier molecular flexibility index (Phi) is 4.73. The first-order valence-electron chi connectivity index (χ1n) is 7.37. The van der Waals surface area contributed by atoms with Crippen LogP contribution in [0.15, 0.2) is 18.3 Å². The first-order chi connectivity index (χ1) is 10.2. The number of nitrogens with zero attached hydrogens (tertiary/aromatic N) is 2. The van der Waals surface area contributed by atoms with Gasteiger partial charge in [0.05, 0.1) is 24.4 Å². The Morgan fingerprint density at radius 2 is 2.14 bits per heavy atom. The molecule has 0 N–H and O–H groups in total. The SMILES string of the molecule is O=C(c1cccnc1Cl)N1CCC(O[C@H]2CCOC2)CC1. The smallest absolute Gasteiger partial charge is 0.256 e. The molecule has 21 heavy (non-hydrogen) atoms. The van der Waals surface area contributed by atoms with E-state index < -0.39 is 0 Å². The third-order valence-corrected chi connectivity index (χ3v) is 4.29. The van der Waals surface area contributed by atoms with Crippen LogP contribution in [-0.2, 0) is 9.47 Å². The zero-order valence-electron chi connectivity index (χ0n) is 11.8. The lowest BCUT2D eigenvalue weighted by molar-refractivity contribution is -0.0408. The van der Waals surface area contributed by atoms with Gasteiger partial charge in [0, 0.05) is 25.9 Å². The molecule has 0 spiro atoms. The van der Waals surface area contributed by atoms with Gasteiger partial charge >= 0.3 is 0 Å². The highest BCUT2D eigenvalue weighted by molar-refractivity contribution is 6.32. The minimum atomic E-state index is -0.0456. The molecule has 0 saturated carbocycles. The van der Waals surface area contributed by atoms with Crippen LogP contribution in [0.2, 0.25) is 5.15 Å². The van der Waals surface area contributed by atoms with Crippen LogP contribution in [0.5, 0.6) is 0 Å². The Labute approximate surface area is 129 Å². The average molecular weight is 311 g/mol. The second-order valence-electron chi connectivity index (χ2n) is 5.46. The molecule has 1 aromatic rings. The fourth-order valence-electron chi connectivity index (χ4n) is 2.80. The van der Waals surface area contributed by atoms with E-state index in [-0.39, 0.29) is 23.3 Å². The number of likely N-dealkylation sites (tertiary alicyclic amines) is 1. The molecule has 2 saturated heterocycles. The molecule has 2 fully saturated rings. The molecule has 2 aliphatic rings. The number of hydrogen-bond donors (Lipinski definition) is 0. The molecule has 0 unspecified atom stereocenters. The highest BCUT2D eigenvalue weighted by atomic mass is 35.5. The van der Waals surface area contributed by atoms with E-state index in [0.717, 1.165) is 25.9 Å². The van der Waals surface area contributed by atoms with Crippen LogP contribution in [0, 0.1) is 0 Å². The summed E-state index contributed by atoms with van der Waals surface area (Å²) in [5.41, 5.74) is 0.475. The van der Waals surface area contributed by atoms with Gasteiger partial charge in [-0.2, -0.15) is 0 Å². The predicted molar refractivity (Wildman–Crippen MR) is 78.5 cm³/mol. The highest BCUT2D eigenvalue weighted by Gasteiger charge is 2.28. The standard InChI is InChI=1S/C15H19ClN2O3/c16-14-13(2-1-6-17-14)15(19)18-7-3-11(4-8-18)21-12-5-9-20-10-12/h1-2,6,11-12H,3-5,7-10H2/t12-/m0/s1. The number of halogens is 1. The molecular formula is C15H19ClN2O3. The molecule has 2 aliphatic heterocycles. The highest BCUT2D eigenvalue weighted by Crippen LogP contribution is 2.21. The van der Waals surface area contributed by atoms with Crippen molar-refractivity contribution in [3.05, 3.63) is 29.0 Å².